The Morgan fingerprint density at radius 2 is 2.04 bits per heavy atom. The normalized spacial score (nSPS) is 11.8. The number of hydrogen-bond donors (Lipinski definition) is 1. The zero-order valence-electron chi connectivity index (χ0n) is 15.3. The maximum atomic E-state index is 14.7. The molecule has 0 spiro atoms. The first-order valence-electron chi connectivity index (χ1n) is 8.79. The van der Waals surface area contributed by atoms with Gasteiger partial charge in [-0.1, -0.05) is 0 Å². The molecule has 0 unspecified atom stereocenters. The van der Waals surface area contributed by atoms with Gasteiger partial charge in [0.2, 0.25) is 5.88 Å². The molecule has 3 heterocycles. The van der Waals surface area contributed by atoms with Crippen LogP contribution in [-0.2, 0) is 0 Å². The first-order valence-corrected chi connectivity index (χ1v) is 8.79. The molecule has 0 aliphatic heterocycles. The number of aryl methyl sites for hydroxylation is 1. The monoisotopic (exact) mass is 352 g/mol. The minimum Gasteiger partial charge on any atom is -0.478 e. The lowest BCUT2D eigenvalue weighted by Crippen LogP contribution is -2.02. The van der Waals surface area contributed by atoms with Crippen molar-refractivity contribution in [1.82, 2.24) is 19.5 Å². The maximum absolute atomic E-state index is 14.7. The summed E-state index contributed by atoms with van der Waals surface area (Å²) in [4.78, 5) is 12.0. The minimum atomic E-state index is -0.312. The average Bonchev–Trinajstić information content (AvgIpc) is 3.15. The van der Waals surface area contributed by atoms with Crippen LogP contribution in [0.2, 0.25) is 0 Å². The average molecular weight is 352 g/mol. The molecule has 4 aromatic rings. The lowest BCUT2D eigenvalue weighted by molar-refractivity contribution is 0.328. The van der Waals surface area contributed by atoms with Gasteiger partial charge in [0.25, 0.3) is 0 Å². The number of nitrogens with one attached hydrogen (secondary N) is 1. The van der Waals surface area contributed by atoms with Gasteiger partial charge in [-0.25, -0.2) is 9.37 Å². The molecular formula is C20H21FN4O. The Morgan fingerprint density at radius 3 is 2.77 bits per heavy atom. The van der Waals surface area contributed by atoms with Crippen molar-refractivity contribution in [3.05, 3.63) is 42.1 Å². The van der Waals surface area contributed by atoms with Crippen LogP contribution in [0.4, 0.5) is 4.39 Å². The van der Waals surface area contributed by atoms with E-state index in [1.165, 1.54) is 0 Å². The molecule has 5 nitrogen and oxygen atoms in total. The van der Waals surface area contributed by atoms with Crippen LogP contribution in [-0.4, -0.2) is 26.1 Å². The van der Waals surface area contributed by atoms with E-state index in [2.05, 4.69) is 33.4 Å². The zero-order chi connectivity index (χ0) is 18.4. The number of H-pyrrole nitrogens is 1. The fraction of sp³-hybridized carbons (Fsp3) is 0.300. The van der Waals surface area contributed by atoms with Crippen molar-refractivity contribution in [3.8, 4) is 17.0 Å². The van der Waals surface area contributed by atoms with Crippen LogP contribution in [0.15, 0.2) is 30.5 Å². The highest BCUT2D eigenvalue weighted by atomic mass is 19.1. The molecule has 1 N–H and O–H groups in total. The molecule has 0 radical (unpaired) electrons. The molecule has 0 saturated heterocycles. The molecule has 0 saturated carbocycles. The topological polar surface area (TPSA) is 55.7 Å². The third-order valence-electron chi connectivity index (χ3n) is 4.56. The highest BCUT2D eigenvalue weighted by Crippen LogP contribution is 2.33. The highest BCUT2D eigenvalue weighted by molar-refractivity contribution is 5.96. The Morgan fingerprint density at radius 1 is 1.23 bits per heavy atom. The predicted molar refractivity (Wildman–Crippen MR) is 101 cm³/mol. The molecule has 1 aromatic carbocycles. The van der Waals surface area contributed by atoms with Crippen molar-refractivity contribution in [2.75, 3.05) is 6.61 Å². The number of pyridine rings is 1. The number of nitrogens with zero attached hydrogens (tertiary/aromatic N) is 3. The summed E-state index contributed by atoms with van der Waals surface area (Å²) in [6, 6.07) is 7.52. The molecule has 6 heteroatoms. The van der Waals surface area contributed by atoms with Crippen LogP contribution in [0.5, 0.6) is 5.88 Å². The van der Waals surface area contributed by atoms with E-state index in [4.69, 9.17) is 4.74 Å². The van der Waals surface area contributed by atoms with Crippen molar-refractivity contribution in [3.63, 3.8) is 0 Å². The summed E-state index contributed by atoms with van der Waals surface area (Å²) >= 11 is 0. The van der Waals surface area contributed by atoms with E-state index in [0.717, 1.165) is 33.5 Å². The summed E-state index contributed by atoms with van der Waals surface area (Å²) in [6.07, 6.45) is 1.86. The van der Waals surface area contributed by atoms with Crippen LogP contribution in [0.3, 0.4) is 0 Å². The number of hydrogen-bond acceptors (Lipinski definition) is 3. The number of aromatic nitrogens is 4. The van der Waals surface area contributed by atoms with Gasteiger partial charge in [-0.05, 0) is 51.5 Å². The number of halogens is 1. The zero-order valence-corrected chi connectivity index (χ0v) is 15.3. The van der Waals surface area contributed by atoms with Crippen molar-refractivity contribution in [2.24, 2.45) is 0 Å². The van der Waals surface area contributed by atoms with Crippen molar-refractivity contribution in [1.29, 1.82) is 0 Å². The molecule has 3 aromatic heterocycles. The molecule has 0 atom stereocenters. The van der Waals surface area contributed by atoms with Gasteiger partial charge in [-0.15, -0.1) is 0 Å². The van der Waals surface area contributed by atoms with E-state index >= 15 is 0 Å². The Bertz CT molecular complexity index is 1110. The quantitative estimate of drug-likeness (QED) is 0.562. The number of ether oxygens (including phenoxy) is 1. The van der Waals surface area contributed by atoms with Gasteiger partial charge in [0, 0.05) is 29.3 Å². The van der Waals surface area contributed by atoms with Crippen molar-refractivity contribution in [2.45, 2.75) is 33.7 Å². The lowest BCUT2D eigenvalue weighted by atomic mass is 10.0. The first-order chi connectivity index (χ1) is 12.5. The van der Waals surface area contributed by atoms with E-state index in [1.54, 1.807) is 6.07 Å². The summed E-state index contributed by atoms with van der Waals surface area (Å²) in [5, 5.41) is 0.930. The van der Waals surface area contributed by atoms with Crippen LogP contribution >= 0.6 is 0 Å². The Balaban J connectivity index is 1.91. The van der Waals surface area contributed by atoms with Crippen LogP contribution in [0.25, 0.3) is 33.2 Å². The van der Waals surface area contributed by atoms with Crippen molar-refractivity contribution < 1.29 is 9.13 Å². The van der Waals surface area contributed by atoms with Gasteiger partial charge in [-0.3, -0.25) is 0 Å². The van der Waals surface area contributed by atoms with E-state index in [0.29, 0.717) is 18.0 Å². The van der Waals surface area contributed by atoms with Crippen LogP contribution in [0, 0.1) is 12.7 Å². The third kappa shape index (κ3) is 2.53. The van der Waals surface area contributed by atoms with E-state index in [1.807, 2.05) is 38.2 Å². The first kappa shape index (κ1) is 16.6. The predicted octanol–water partition coefficient (Wildman–Crippen LogP) is 5.01. The largest absolute Gasteiger partial charge is 0.478 e. The summed E-state index contributed by atoms with van der Waals surface area (Å²) in [5.41, 5.74) is 3.65. The second kappa shape index (κ2) is 6.12. The molecule has 4 rings (SSSR count). The standard InChI is InChI=1S/C20H21FN4O/c1-5-26-18-7-6-14-15(10-22-20(14)24-18)13-8-16(21)19-17(9-13)25(11(2)3)12(4)23-19/h6-11H,5H2,1-4H3,(H,22,24). The number of benzene rings is 1. The van der Waals surface area contributed by atoms with E-state index in [-0.39, 0.29) is 11.9 Å². The van der Waals surface area contributed by atoms with Gasteiger partial charge in [-0.2, -0.15) is 4.98 Å². The summed E-state index contributed by atoms with van der Waals surface area (Å²) in [6.45, 7) is 8.54. The molecule has 0 fully saturated rings. The fourth-order valence-electron chi connectivity index (χ4n) is 3.53. The van der Waals surface area contributed by atoms with Gasteiger partial charge in [0.05, 0.1) is 12.1 Å². The van der Waals surface area contributed by atoms with Gasteiger partial charge < -0.3 is 14.3 Å². The molecule has 0 amide bonds. The van der Waals surface area contributed by atoms with Crippen LogP contribution in [0.1, 0.15) is 32.6 Å². The van der Waals surface area contributed by atoms with Crippen molar-refractivity contribution >= 4 is 22.1 Å². The molecule has 134 valence electrons. The minimum absolute atomic E-state index is 0.202. The SMILES string of the molecule is CCOc1ccc2c(-c3cc(F)c4nc(C)n(C(C)C)c4c3)c[nH]c2n1. The fourth-order valence-corrected chi connectivity index (χ4v) is 3.53. The highest BCUT2D eigenvalue weighted by Gasteiger charge is 2.17. The van der Waals surface area contributed by atoms with E-state index < -0.39 is 0 Å². The molecule has 0 aliphatic rings. The Hall–Kier alpha value is -2.89. The molecule has 26 heavy (non-hydrogen) atoms. The van der Waals surface area contributed by atoms with Gasteiger partial charge in [0.15, 0.2) is 5.82 Å². The smallest absolute Gasteiger partial charge is 0.215 e. The second-order valence-corrected chi connectivity index (χ2v) is 6.63. The second-order valence-electron chi connectivity index (χ2n) is 6.63. The Kier molecular flexibility index (Phi) is 3.90. The molecule has 0 aliphatic carbocycles. The van der Waals surface area contributed by atoms with Gasteiger partial charge in [0.1, 0.15) is 17.0 Å². The number of fused-ring (bicyclic) bond motifs is 2. The maximum Gasteiger partial charge on any atom is 0.215 e. The summed E-state index contributed by atoms with van der Waals surface area (Å²) in [7, 11) is 0. The van der Waals surface area contributed by atoms with Crippen LogP contribution < -0.4 is 4.74 Å². The van der Waals surface area contributed by atoms with E-state index in [9.17, 15) is 4.39 Å². The number of aromatic amines is 1. The number of imidazole rings is 1. The molecule has 0 bridgehead atoms. The summed E-state index contributed by atoms with van der Waals surface area (Å²) in [5.74, 6) is 1.07. The lowest BCUT2D eigenvalue weighted by Gasteiger charge is -2.11. The summed E-state index contributed by atoms with van der Waals surface area (Å²) < 4.78 is 22.2. The molecular weight excluding hydrogens is 331 g/mol. The Labute approximate surface area is 150 Å². The third-order valence-corrected chi connectivity index (χ3v) is 4.56. The van der Waals surface area contributed by atoms with Gasteiger partial charge >= 0.3 is 0 Å². The number of rotatable bonds is 4.